The van der Waals surface area contributed by atoms with Crippen LogP contribution in [-0.2, 0) is 15.7 Å². The van der Waals surface area contributed by atoms with E-state index in [1.165, 1.54) is 12.1 Å². The van der Waals surface area contributed by atoms with Crippen molar-refractivity contribution in [2.75, 3.05) is 6.61 Å². The Hall–Kier alpha value is -0.905. The van der Waals surface area contributed by atoms with E-state index in [2.05, 4.69) is 0 Å². The third kappa shape index (κ3) is 2.68. The fourth-order valence-electron chi connectivity index (χ4n) is 2.10. The second kappa shape index (κ2) is 4.89. The Morgan fingerprint density at radius 3 is 2.26 bits per heavy atom. The van der Waals surface area contributed by atoms with Crippen LogP contribution in [0.25, 0.3) is 0 Å². The summed E-state index contributed by atoms with van der Waals surface area (Å²) < 4.78 is 25.3. The number of hydrogen-bond donors (Lipinski definition) is 1. The first kappa shape index (κ1) is 14.5. The van der Waals surface area contributed by atoms with Gasteiger partial charge in [0.15, 0.2) is 0 Å². The lowest BCUT2D eigenvalue weighted by Crippen LogP contribution is -2.41. The van der Waals surface area contributed by atoms with Crippen molar-refractivity contribution in [1.82, 2.24) is 0 Å². The molecule has 0 amide bonds. The van der Waals surface area contributed by atoms with Gasteiger partial charge in [-0.2, -0.15) is 0 Å². The standard InChI is InChI=1S/C14H20BFO3/c1-13(2)14(3,4)19-15(18-13)12-9-11(16)6-5-10(12)7-8-17/h5-6,9,17H,7-8H2,1-4H3. The third-order valence-electron chi connectivity index (χ3n) is 4.00. The van der Waals surface area contributed by atoms with Gasteiger partial charge in [0.05, 0.1) is 11.2 Å². The number of halogens is 1. The molecule has 1 saturated heterocycles. The maximum atomic E-state index is 13.5. The van der Waals surface area contributed by atoms with Crippen LogP contribution >= 0.6 is 0 Å². The van der Waals surface area contributed by atoms with E-state index >= 15 is 0 Å². The SMILES string of the molecule is CC1(C)OB(c2cc(F)ccc2CCO)OC1(C)C. The van der Waals surface area contributed by atoms with Crippen LogP contribution in [0.15, 0.2) is 18.2 Å². The molecule has 0 saturated carbocycles. The van der Waals surface area contributed by atoms with Gasteiger partial charge in [-0.25, -0.2) is 4.39 Å². The summed E-state index contributed by atoms with van der Waals surface area (Å²) in [4.78, 5) is 0. The molecule has 0 unspecified atom stereocenters. The summed E-state index contributed by atoms with van der Waals surface area (Å²) in [7, 11) is -0.595. The quantitative estimate of drug-likeness (QED) is 0.845. The molecule has 1 fully saturated rings. The Morgan fingerprint density at radius 2 is 1.74 bits per heavy atom. The molecule has 0 aliphatic carbocycles. The van der Waals surface area contributed by atoms with Gasteiger partial charge < -0.3 is 14.4 Å². The zero-order chi connectivity index (χ0) is 14.3. The van der Waals surface area contributed by atoms with Crippen LogP contribution in [0.5, 0.6) is 0 Å². The third-order valence-corrected chi connectivity index (χ3v) is 4.00. The van der Waals surface area contributed by atoms with Crippen LogP contribution in [0.2, 0.25) is 0 Å². The molecule has 1 aromatic rings. The smallest absolute Gasteiger partial charge is 0.399 e. The Bertz CT molecular complexity index is 458. The van der Waals surface area contributed by atoms with Gasteiger partial charge in [0.2, 0.25) is 0 Å². The van der Waals surface area contributed by atoms with Crippen LogP contribution < -0.4 is 5.46 Å². The molecule has 0 spiro atoms. The van der Waals surface area contributed by atoms with Gasteiger partial charge in [-0.1, -0.05) is 6.07 Å². The highest BCUT2D eigenvalue weighted by atomic mass is 19.1. The average molecular weight is 266 g/mol. The Labute approximate surface area is 113 Å². The predicted octanol–water partition coefficient (Wildman–Crippen LogP) is 1.66. The second-order valence-corrected chi connectivity index (χ2v) is 5.90. The summed E-state index contributed by atoms with van der Waals surface area (Å²) in [6, 6.07) is 4.48. The van der Waals surface area contributed by atoms with Crippen molar-refractivity contribution in [3.05, 3.63) is 29.6 Å². The lowest BCUT2D eigenvalue weighted by Gasteiger charge is -2.32. The summed E-state index contributed by atoms with van der Waals surface area (Å²) in [6.07, 6.45) is 0.458. The van der Waals surface area contributed by atoms with Crippen LogP contribution in [0.4, 0.5) is 4.39 Å². The molecule has 1 aliphatic rings. The van der Waals surface area contributed by atoms with Gasteiger partial charge in [0, 0.05) is 6.61 Å². The molecule has 1 aromatic carbocycles. The highest BCUT2D eigenvalue weighted by molar-refractivity contribution is 6.62. The van der Waals surface area contributed by atoms with E-state index in [-0.39, 0.29) is 12.4 Å². The second-order valence-electron chi connectivity index (χ2n) is 5.90. The van der Waals surface area contributed by atoms with Crippen molar-refractivity contribution >= 4 is 12.6 Å². The highest BCUT2D eigenvalue weighted by Crippen LogP contribution is 2.36. The number of rotatable bonds is 3. The van der Waals surface area contributed by atoms with E-state index in [1.807, 2.05) is 27.7 Å². The lowest BCUT2D eigenvalue weighted by atomic mass is 9.75. The van der Waals surface area contributed by atoms with Crippen molar-refractivity contribution in [2.24, 2.45) is 0 Å². The van der Waals surface area contributed by atoms with E-state index in [0.29, 0.717) is 11.9 Å². The number of benzene rings is 1. The predicted molar refractivity (Wildman–Crippen MR) is 72.9 cm³/mol. The molecular weight excluding hydrogens is 246 g/mol. The zero-order valence-electron chi connectivity index (χ0n) is 11.9. The first-order chi connectivity index (χ1) is 8.77. The zero-order valence-corrected chi connectivity index (χ0v) is 11.9. The maximum Gasteiger partial charge on any atom is 0.495 e. The maximum absolute atomic E-state index is 13.5. The van der Waals surface area contributed by atoms with Gasteiger partial charge in [-0.15, -0.1) is 0 Å². The molecule has 5 heteroatoms. The fourth-order valence-corrected chi connectivity index (χ4v) is 2.10. The molecular formula is C14H20BFO3. The van der Waals surface area contributed by atoms with Crippen LogP contribution in [0.1, 0.15) is 33.3 Å². The minimum atomic E-state index is -0.595. The lowest BCUT2D eigenvalue weighted by molar-refractivity contribution is 0.00578. The monoisotopic (exact) mass is 266 g/mol. The summed E-state index contributed by atoms with van der Waals surface area (Å²) in [6.45, 7) is 7.84. The summed E-state index contributed by atoms with van der Waals surface area (Å²) >= 11 is 0. The van der Waals surface area contributed by atoms with E-state index in [9.17, 15) is 4.39 Å². The van der Waals surface area contributed by atoms with Crippen molar-refractivity contribution in [1.29, 1.82) is 0 Å². The molecule has 0 bridgehead atoms. The molecule has 1 heterocycles. The van der Waals surface area contributed by atoms with Crippen LogP contribution in [0.3, 0.4) is 0 Å². The van der Waals surface area contributed by atoms with Crippen molar-refractivity contribution in [3.63, 3.8) is 0 Å². The van der Waals surface area contributed by atoms with Crippen LogP contribution in [-0.4, -0.2) is 30.0 Å². The number of aliphatic hydroxyl groups is 1. The first-order valence-corrected chi connectivity index (χ1v) is 6.52. The topological polar surface area (TPSA) is 38.7 Å². The summed E-state index contributed by atoms with van der Waals surface area (Å²) in [5, 5.41) is 9.09. The Morgan fingerprint density at radius 1 is 1.16 bits per heavy atom. The normalized spacial score (nSPS) is 20.8. The Balaban J connectivity index is 2.35. The fraction of sp³-hybridized carbons (Fsp3) is 0.571. The van der Waals surface area contributed by atoms with E-state index < -0.39 is 18.3 Å². The van der Waals surface area contributed by atoms with Gasteiger partial charge in [-0.05, 0) is 57.3 Å². The van der Waals surface area contributed by atoms with Gasteiger partial charge >= 0.3 is 7.12 Å². The number of aliphatic hydroxyl groups excluding tert-OH is 1. The first-order valence-electron chi connectivity index (χ1n) is 6.52. The molecule has 0 atom stereocenters. The molecule has 1 aliphatic heterocycles. The van der Waals surface area contributed by atoms with Gasteiger partial charge in [-0.3, -0.25) is 0 Å². The van der Waals surface area contributed by atoms with Crippen molar-refractivity contribution < 1.29 is 18.8 Å². The largest absolute Gasteiger partial charge is 0.495 e. The number of hydrogen-bond acceptors (Lipinski definition) is 3. The summed E-state index contributed by atoms with van der Waals surface area (Å²) in [5.41, 5.74) is 0.594. The molecule has 3 nitrogen and oxygen atoms in total. The van der Waals surface area contributed by atoms with Crippen LogP contribution in [0, 0.1) is 5.82 Å². The minimum Gasteiger partial charge on any atom is -0.399 e. The summed E-state index contributed by atoms with van der Waals surface area (Å²) in [5.74, 6) is -0.327. The van der Waals surface area contributed by atoms with Crippen molar-refractivity contribution in [2.45, 2.75) is 45.3 Å². The highest BCUT2D eigenvalue weighted by Gasteiger charge is 2.52. The minimum absolute atomic E-state index is 0.0120. The molecule has 1 N–H and O–H groups in total. The molecule has 0 aromatic heterocycles. The van der Waals surface area contributed by atoms with Gasteiger partial charge in [0.1, 0.15) is 5.82 Å². The van der Waals surface area contributed by atoms with E-state index in [1.54, 1.807) is 6.07 Å². The van der Waals surface area contributed by atoms with E-state index in [0.717, 1.165) is 5.56 Å². The Kier molecular flexibility index (Phi) is 3.73. The molecule has 19 heavy (non-hydrogen) atoms. The molecule has 104 valence electrons. The average Bonchev–Trinajstić information content (AvgIpc) is 2.51. The molecule has 2 rings (SSSR count). The van der Waals surface area contributed by atoms with E-state index in [4.69, 9.17) is 14.4 Å². The van der Waals surface area contributed by atoms with Gasteiger partial charge in [0.25, 0.3) is 0 Å². The molecule has 0 radical (unpaired) electrons. The van der Waals surface area contributed by atoms with Crippen molar-refractivity contribution in [3.8, 4) is 0 Å².